The molecule has 0 atom stereocenters. The van der Waals surface area contributed by atoms with E-state index in [1.165, 1.54) is 0 Å². The Hall–Kier alpha value is -2.62. The van der Waals surface area contributed by atoms with Gasteiger partial charge in [-0.1, -0.05) is 0 Å². The summed E-state index contributed by atoms with van der Waals surface area (Å²) < 4.78 is 0. The highest BCUT2D eigenvalue weighted by Gasteiger charge is 2.26. The van der Waals surface area contributed by atoms with E-state index in [0.717, 1.165) is 33.3 Å². The van der Waals surface area contributed by atoms with Crippen LogP contribution in [0.15, 0.2) is 31.7 Å². The van der Waals surface area contributed by atoms with Gasteiger partial charge in [-0.05, 0) is 47.9 Å². The molecule has 0 aliphatic carbocycles. The normalized spacial score (nSPS) is 16.3. The van der Waals surface area contributed by atoms with Gasteiger partial charge in [0.1, 0.15) is 11.4 Å². The number of fused-ring (bicyclic) bond motifs is 6. The van der Waals surface area contributed by atoms with E-state index >= 15 is 0 Å². The van der Waals surface area contributed by atoms with Crippen LogP contribution in [-0.4, -0.2) is 11.4 Å². The molecule has 22 heavy (non-hydrogen) atoms. The number of hydrogen-bond acceptors (Lipinski definition) is 4. The van der Waals surface area contributed by atoms with Crippen molar-refractivity contribution in [2.75, 3.05) is 0 Å². The Kier molecular flexibility index (Phi) is 1.95. The van der Waals surface area contributed by atoms with Gasteiger partial charge in [-0.3, -0.25) is 19.6 Å². The zero-order valence-electron chi connectivity index (χ0n) is 12.3. The Labute approximate surface area is 125 Å². The quantitative estimate of drug-likeness (QED) is 0.638. The second kappa shape index (κ2) is 3.58. The predicted octanol–water partition coefficient (Wildman–Crippen LogP) is 2.89. The summed E-state index contributed by atoms with van der Waals surface area (Å²) >= 11 is 0. The minimum atomic E-state index is -0.0122. The Morgan fingerprint density at radius 1 is 0.727 bits per heavy atom. The summed E-state index contributed by atoms with van der Waals surface area (Å²) in [7, 11) is 0. The van der Waals surface area contributed by atoms with Crippen LogP contribution in [0.5, 0.6) is 0 Å². The topological polar surface area (TPSA) is 58.9 Å². The summed E-state index contributed by atoms with van der Waals surface area (Å²) in [5.41, 5.74) is 4.96. The van der Waals surface area contributed by atoms with Gasteiger partial charge in [-0.2, -0.15) is 0 Å². The number of nitrogens with zero attached hydrogens (tertiary/aromatic N) is 2. The molecule has 3 aromatic rings. The molecule has 3 aromatic carbocycles. The molecule has 0 spiro atoms. The van der Waals surface area contributed by atoms with Gasteiger partial charge in [0.25, 0.3) is 0 Å². The van der Waals surface area contributed by atoms with E-state index in [0.29, 0.717) is 35.0 Å². The fourth-order valence-corrected chi connectivity index (χ4v) is 3.83. The van der Waals surface area contributed by atoms with Gasteiger partial charge in [-0.15, -0.1) is 0 Å². The lowest BCUT2D eigenvalue weighted by atomic mass is 10.0. The molecule has 0 unspecified atom stereocenters. The fraction of sp³-hybridized carbons (Fsp3) is 0.222. The minimum Gasteiger partial charge on any atom is -0.287 e. The summed E-state index contributed by atoms with van der Waals surface area (Å²) in [5, 5.41) is 3.14. The van der Waals surface area contributed by atoms with E-state index in [4.69, 9.17) is 0 Å². The maximum Gasteiger partial charge on any atom is 0.212 e. The maximum absolute atomic E-state index is 12.6. The van der Waals surface area contributed by atoms with E-state index in [1.807, 2.05) is 26.0 Å². The highest BCUT2D eigenvalue weighted by Crippen LogP contribution is 2.38. The third-order valence-corrected chi connectivity index (χ3v) is 4.77. The highest BCUT2D eigenvalue weighted by atomic mass is 16.1. The van der Waals surface area contributed by atoms with Crippen molar-refractivity contribution in [2.45, 2.75) is 26.7 Å². The summed E-state index contributed by atoms with van der Waals surface area (Å²) in [6.45, 7) is 3.86. The van der Waals surface area contributed by atoms with Crippen molar-refractivity contribution in [3.05, 3.63) is 43.7 Å². The molecule has 0 N–H and O–H groups in total. The van der Waals surface area contributed by atoms with Gasteiger partial charge in [-0.25, -0.2) is 0 Å². The van der Waals surface area contributed by atoms with Gasteiger partial charge in [0.2, 0.25) is 10.9 Å². The lowest BCUT2D eigenvalue weighted by Gasteiger charge is -1.98. The minimum absolute atomic E-state index is 0.0122. The molecule has 106 valence electrons. The first kappa shape index (κ1) is 12.0. The van der Waals surface area contributed by atoms with E-state index in [9.17, 15) is 9.59 Å². The van der Waals surface area contributed by atoms with Crippen molar-refractivity contribution in [3.63, 3.8) is 0 Å². The summed E-state index contributed by atoms with van der Waals surface area (Å²) in [6.07, 6.45) is 1.40. The van der Waals surface area contributed by atoms with E-state index < -0.39 is 0 Å². The fourth-order valence-electron chi connectivity index (χ4n) is 3.83. The summed E-state index contributed by atoms with van der Waals surface area (Å²) in [6, 6.07) is 3.76. The first-order valence-electron chi connectivity index (χ1n) is 7.37. The average molecular weight is 288 g/mol. The average Bonchev–Trinajstić information content (AvgIpc) is 3.17. The molecule has 2 aliphatic heterocycles. The van der Waals surface area contributed by atoms with Crippen LogP contribution in [0.3, 0.4) is 0 Å². The molecular weight excluding hydrogens is 276 g/mol. The zero-order valence-corrected chi connectivity index (χ0v) is 12.3. The van der Waals surface area contributed by atoms with E-state index in [1.54, 1.807) is 0 Å². The predicted molar refractivity (Wildman–Crippen MR) is 89.3 cm³/mol. The van der Waals surface area contributed by atoms with E-state index in [-0.39, 0.29) is 10.9 Å². The largest absolute Gasteiger partial charge is 0.287 e. The van der Waals surface area contributed by atoms with Crippen LogP contribution in [0, 0.1) is 0 Å². The van der Waals surface area contributed by atoms with Crippen LogP contribution in [0.25, 0.3) is 21.5 Å². The Bertz CT molecular complexity index is 1080. The van der Waals surface area contributed by atoms with Crippen molar-refractivity contribution in [1.82, 2.24) is 0 Å². The maximum atomic E-state index is 12.6. The van der Waals surface area contributed by atoms with Crippen molar-refractivity contribution in [1.29, 1.82) is 0 Å². The molecule has 0 saturated carbocycles. The van der Waals surface area contributed by atoms with E-state index in [2.05, 4.69) is 9.98 Å². The van der Waals surface area contributed by atoms with Gasteiger partial charge in [0.05, 0.1) is 0 Å². The second-order valence-electron chi connectivity index (χ2n) is 6.30. The van der Waals surface area contributed by atoms with Crippen LogP contribution in [0.4, 0.5) is 11.4 Å². The molecule has 0 saturated heterocycles. The molecule has 0 radical (unpaired) electrons. The van der Waals surface area contributed by atoms with Crippen LogP contribution < -0.4 is 10.9 Å². The van der Waals surface area contributed by atoms with Crippen LogP contribution >= 0.6 is 0 Å². The highest BCUT2D eigenvalue weighted by molar-refractivity contribution is 6.12. The van der Waals surface area contributed by atoms with Crippen molar-refractivity contribution in [3.8, 4) is 0 Å². The monoisotopic (exact) mass is 288 g/mol. The lowest BCUT2D eigenvalue weighted by Crippen LogP contribution is -1.97. The first-order chi connectivity index (χ1) is 10.5. The summed E-state index contributed by atoms with van der Waals surface area (Å²) in [4.78, 5) is 33.9. The molecule has 5 rings (SSSR count). The second-order valence-corrected chi connectivity index (χ2v) is 6.30. The van der Waals surface area contributed by atoms with Crippen molar-refractivity contribution >= 4 is 44.3 Å². The van der Waals surface area contributed by atoms with Crippen LogP contribution in [0.1, 0.15) is 25.0 Å². The lowest BCUT2D eigenvalue weighted by molar-refractivity contribution is 1.43. The first-order valence-corrected chi connectivity index (χ1v) is 7.37. The number of aliphatic imine (C=N–C) groups is 2. The van der Waals surface area contributed by atoms with Gasteiger partial charge in [0, 0.05) is 35.0 Å². The molecule has 2 heterocycles. The van der Waals surface area contributed by atoms with Gasteiger partial charge >= 0.3 is 0 Å². The number of rotatable bonds is 0. The molecule has 4 heteroatoms. The molecule has 0 aromatic heterocycles. The van der Waals surface area contributed by atoms with Crippen LogP contribution in [0.2, 0.25) is 0 Å². The van der Waals surface area contributed by atoms with Gasteiger partial charge in [0.15, 0.2) is 0 Å². The SMILES string of the molecule is CC1=Nc2c(c3cc4c(=O)c5c(c4cc3c2=O)CC(C)=N5)C1. The molecule has 0 amide bonds. The molecular formula is C18H12N2O2. The Morgan fingerprint density at radius 2 is 1.14 bits per heavy atom. The standard InChI is InChI=1S/C18H12N2O2/c1-7-3-11-9-5-14-10(6-13(9)17(21)15(11)19-7)12-4-8(2)20-16(12)18(14)22/h5-6H,3-4H2,1-2H3. The van der Waals surface area contributed by atoms with Crippen molar-refractivity contribution < 1.29 is 0 Å². The third kappa shape index (κ3) is 1.24. The number of hydrogen-bond donors (Lipinski definition) is 0. The Balaban J connectivity index is 1.96. The molecule has 2 aliphatic rings. The van der Waals surface area contributed by atoms with Crippen LogP contribution in [-0.2, 0) is 12.8 Å². The smallest absolute Gasteiger partial charge is 0.212 e. The molecule has 0 fully saturated rings. The van der Waals surface area contributed by atoms with Crippen molar-refractivity contribution in [2.24, 2.45) is 9.98 Å². The Morgan fingerprint density at radius 3 is 1.55 bits per heavy atom. The molecule has 0 bridgehead atoms. The number of benzene rings is 1. The zero-order chi connectivity index (χ0) is 15.2. The summed E-state index contributed by atoms with van der Waals surface area (Å²) in [5.74, 6) is 0. The third-order valence-electron chi connectivity index (χ3n) is 4.77. The molecule has 4 nitrogen and oxygen atoms in total. The van der Waals surface area contributed by atoms with Gasteiger partial charge < -0.3 is 0 Å².